The quantitative estimate of drug-likeness (QED) is 0.420. The maximum Gasteiger partial charge on any atom is 0.330 e. The van der Waals surface area contributed by atoms with Gasteiger partial charge in [0.15, 0.2) is 11.2 Å². The number of carbonyl (C=O) groups excluding carboxylic acids is 1. The molecule has 3 heterocycles. The van der Waals surface area contributed by atoms with Gasteiger partial charge in [0.25, 0.3) is 5.56 Å². The molecule has 3 aromatic rings. The number of nitrogens with zero attached hydrogens (tertiary/aromatic N) is 4. The molecule has 0 saturated carbocycles. The lowest BCUT2D eigenvalue weighted by Crippen LogP contribution is -2.31. The van der Waals surface area contributed by atoms with Gasteiger partial charge in [-0.25, -0.2) is 9.78 Å². The molecule has 32 heavy (non-hydrogen) atoms. The fourth-order valence-corrected chi connectivity index (χ4v) is 3.70. The van der Waals surface area contributed by atoms with Gasteiger partial charge in [-0.1, -0.05) is 39.2 Å². The highest BCUT2D eigenvalue weighted by molar-refractivity contribution is 5.76. The molecule has 0 aromatic carbocycles. The molecule has 0 spiro atoms. The van der Waals surface area contributed by atoms with Gasteiger partial charge in [-0.3, -0.25) is 24.1 Å². The van der Waals surface area contributed by atoms with E-state index < -0.39 is 11.2 Å². The van der Waals surface area contributed by atoms with Gasteiger partial charge in [0, 0.05) is 32.1 Å². The van der Waals surface area contributed by atoms with E-state index in [0.717, 1.165) is 37.8 Å². The summed E-state index contributed by atoms with van der Waals surface area (Å²) in [6, 6.07) is 5.56. The molecule has 2 N–H and O–H groups in total. The molecule has 9 heteroatoms. The fraction of sp³-hybridized carbons (Fsp3) is 0.522. The summed E-state index contributed by atoms with van der Waals surface area (Å²) in [5.74, 6) is 0.547. The van der Waals surface area contributed by atoms with Crippen LogP contribution in [0, 0.1) is 0 Å². The predicted molar refractivity (Wildman–Crippen MR) is 123 cm³/mol. The van der Waals surface area contributed by atoms with Gasteiger partial charge < -0.3 is 9.88 Å². The van der Waals surface area contributed by atoms with Crippen LogP contribution in [0.25, 0.3) is 11.2 Å². The molecule has 0 atom stereocenters. The van der Waals surface area contributed by atoms with Gasteiger partial charge in [-0.15, -0.1) is 0 Å². The zero-order chi connectivity index (χ0) is 22.9. The topological polar surface area (TPSA) is 115 Å². The van der Waals surface area contributed by atoms with Crippen molar-refractivity contribution >= 4 is 17.1 Å². The van der Waals surface area contributed by atoms with E-state index in [-0.39, 0.29) is 12.3 Å². The number of aromatic nitrogens is 5. The standard InChI is InChI=1S/C23H32N6O3/c1-3-5-9-15-28-18(11-12-19(30)25-16-17-10-7-8-13-24-17)26-21-20(28)22(31)27-23(32)29(21)14-6-4-2/h7-8,10,13H,3-6,9,11-12,14-16H2,1-2H3,(H,25,30)(H,27,31,32). The maximum absolute atomic E-state index is 12.7. The zero-order valence-electron chi connectivity index (χ0n) is 18.9. The third-order valence-corrected chi connectivity index (χ3v) is 5.45. The Bertz CT molecular complexity index is 1150. The summed E-state index contributed by atoms with van der Waals surface area (Å²) in [7, 11) is 0. The van der Waals surface area contributed by atoms with Crippen LogP contribution in [0.15, 0.2) is 34.0 Å². The largest absolute Gasteiger partial charge is 0.350 e. The van der Waals surface area contributed by atoms with Crippen LogP contribution in [0.1, 0.15) is 63.9 Å². The van der Waals surface area contributed by atoms with Crippen LogP contribution in [0.5, 0.6) is 0 Å². The average Bonchev–Trinajstić information content (AvgIpc) is 3.16. The van der Waals surface area contributed by atoms with Crippen LogP contribution in [0.2, 0.25) is 0 Å². The molecule has 0 unspecified atom stereocenters. The smallest absolute Gasteiger partial charge is 0.330 e. The number of carbonyl (C=O) groups is 1. The molecule has 172 valence electrons. The number of pyridine rings is 1. The number of imidazole rings is 1. The number of hydrogen-bond acceptors (Lipinski definition) is 5. The van der Waals surface area contributed by atoms with Crippen molar-refractivity contribution in [2.24, 2.45) is 0 Å². The Labute approximate surface area is 186 Å². The summed E-state index contributed by atoms with van der Waals surface area (Å²) >= 11 is 0. The van der Waals surface area contributed by atoms with Crippen LogP contribution in [-0.2, 0) is 30.8 Å². The minimum Gasteiger partial charge on any atom is -0.350 e. The SMILES string of the molecule is CCCCCn1c(CCC(=O)NCc2ccccn2)nc2c1c(=O)[nH]c(=O)n2CCCC. The number of rotatable bonds is 12. The summed E-state index contributed by atoms with van der Waals surface area (Å²) in [4.78, 5) is 48.8. The van der Waals surface area contributed by atoms with Gasteiger partial charge in [0.1, 0.15) is 5.82 Å². The van der Waals surface area contributed by atoms with Gasteiger partial charge >= 0.3 is 5.69 Å². The third kappa shape index (κ3) is 5.72. The Hall–Kier alpha value is -3.23. The lowest BCUT2D eigenvalue weighted by molar-refractivity contribution is -0.121. The molecule has 1 amide bonds. The second-order valence-electron chi connectivity index (χ2n) is 7.92. The molecule has 0 bridgehead atoms. The normalized spacial score (nSPS) is 11.2. The van der Waals surface area contributed by atoms with Crippen molar-refractivity contribution in [1.29, 1.82) is 0 Å². The molecule has 0 aliphatic carbocycles. The summed E-state index contributed by atoms with van der Waals surface area (Å²) in [6.07, 6.45) is 7.02. The van der Waals surface area contributed by atoms with E-state index in [1.807, 2.05) is 29.7 Å². The van der Waals surface area contributed by atoms with Gasteiger partial charge in [0.2, 0.25) is 5.91 Å². The first-order valence-electron chi connectivity index (χ1n) is 11.4. The molecule has 0 radical (unpaired) electrons. The highest BCUT2D eigenvalue weighted by Gasteiger charge is 2.19. The zero-order valence-corrected chi connectivity index (χ0v) is 18.9. The first-order chi connectivity index (χ1) is 15.5. The van der Waals surface area contributed by atoms with Crippen LogP contribution in [0.3, 0.4) is 0 Å². The Morgan fingerprint density at radius 1 is 1.06 bits per heavy atom. The highest BCUT2D eigenvalue weighted by Crippen LogP contribution is 2.15. The van der Waals surface area contributed by atoms with E-state index in [0.29, 0.717) is 43.0 Å². The van der Waals surface area contributed by atoms with Crippen molar-refractivity contribution in [2.45, 2.75) is 78.4 Å². The van der Waals surface area contributed by atoms with E-state index in [9.17, 15) is 14.4 Å². The van der Waals surface area contributed by atoms with Crippen molar-refractivity contribution in [2.75, 3.05) is 0 Å². The molecule has 3 rings (SSSR count). The van der Waals surface area contributed by atoms with E-state index >= 15 is 0 Å². The minimum absolute atomic E-state index is 0.111. The van der Waals surface area contributed by atoms with Gasteiger partial charge in [-0.2, -0.15) is 0 Å². The first-order valence-corrected chi connectivity index (χ1v) is 11.4. The molecule has 3 aromatic heterocycles. The summed E-state index contributed by atoms with van der Waals surface area (Å²) in [5, 5.41) is 2.87. The van der Waals surface area contributed by atoms with E-state index in [1.54, 1.807) is 10.8 Å². The number of H-pyrrole nitrogens is 1. The van der Waals surface area contributed by atoms with Crippen molar-refractivity contribution in [3.05, 3.63) is 56.8 Å². The second-order valence-corrected chi connectivity index (χ2v) is 7.92. The first kappa shape index (κ1) is 23.4. The molecule has 0 saturated heterocycles. The van der Waals surface area contributed by atoms with E-state index in [2.05, 4.69) is 27.2 Å². The number of amides is 1. The Balaban J connectivity index is 1.84. The number of unbranched alkanes of at least 4 members (excludes halogenated alkanes) is 3. The number of fused-ring (bicyclic) bond motifs is 1. The molecular formula is C23H32N6O3. The van der Waals surface area contributed by atoms with Crippen LogP contribution >= 0.6 is 0 Å². The Morgan fingerprint density at radius 2 is 1.84 bits per heavy atom. The predicted octanol–water partition coefficient (Wildman–Crippen LogP) is 2.52. The van der Waals surface area contributed by atoms with Gasteiger partial charge in [0.05, 0.1) is 12.2 Å². The molecular weight excluding hydrogens is 408 g/mol. The average molecular weight is 441 g/mol. The van der Waals surface area contributed by atoms with E-state index in [1.165, 1.54) is 0 Å². The maximum atomic E-state index is 12.7. The summed E-state index contributed by atoms with van der Waals surface area (Å²) in [6.45, 7) is 5.66. The third-order valence-electron chi connectivity index (χ3n) is 5.45. The number of aryl methyl sites for hydroxylation is 3. The fourth-order valence-electron chi connectivity index (χ4n) is 3.70. The van der Waals surface area contributed by atoms with Crippen LogP contribution in [0.4, 0.5) is 0 Å². The number of nitrogens with one attached hydrogen (secondary N) is 2. The Kier molecular flexibility index (Phi) is 8.35. The minimum atomic E-state index is -0.436. The van der Waals surface area contributed by atoms with Crippen LogP contribution < -0.4 is 16.6 Å². The summed E-state index contributed by atoms with van der Waals surface area (Å²) < 4.78 is 3.43. The van der Waals surface area contributed by atoms with Gasteiger partial charge in [-0.05, 0) is 25.0 Å². The van der Waals surface area contributed by atoms with E-state index in [4.69, 9.17) is 0 Å². The number of aromatic amines is 1. The van der Waals surface area contributed by atoms with Crippen molar-refractivity contribution in [3.8, 4) is 0 Å². The lowest BCUT2D eigenvalue weighted by atomic mass is 10.2. The second kappa shape index (κ2) is 11.4. The molecule has 9 nitrogen and oxygen atoms in total. The number of hydrogen-bond donors (Lipinski definition) is 2. The molecule has 0 aliphatic rings. The van der Waals surface area contributed by atoms with Crippen LogP contribution in [-0.4, -0.2) is 30.0 Å². The monoisotopic (exact) mass is 440 g/mol. The molecule has 0 fully saturated rings. The van der Waals surface area contributed by atoms with Crippen molar-refractivity contribution < 1.29 is 4.79 Å². The van der Waals surface area contributed by atoms with Crippen molar-refractivity contribution in [3.63, 3.8) is 0 Å². The lowest BCUT2D eigenvalue weighted by Gasteiger charge is -2.09. The Morgan fingerprint density at radius 3 is 2.56 bits per heavy atom. The highest BCUT2D eigenvalue weighted by atomic mass is 16.2. The van der Waals surface area contributed by atoms with Crippen molar-refractivity contribution in [1.82, 2.24) is 29.4 Å². The summed E-state index contributed by atoms with van der Waals surface area (Å²) in [5.41, 5.74) is 0.758. The molecule has 0 aliphatic heterocycles.